The lowest BCUT2D eigenvalue weighted by Crippen LogP contribution is -2.32. The average Bonchev–Trinajstić information content (AvgIpc) is 3.08. The largest absolute Gasteiger partial charge is 0.468 e. The number of nitrogens with one attached hydrogen (secondary N) is 1. The first-order chi connectivity index (χ1) is 15.1. The van der Waals surface area contributed by atoms with Crippen molar-refractivity contribution >= 4 is 44.2 Å². The zero-order valence-electron chi connectivity index (χ0n) is 17.8. The normalized spacial score (nSPS) is 12.5. The number of benzene rings is 2. The molecule has 0 bridgehead atoms. The van der Waals surface area contributed by atoms with Gasteiger partial charge in [-0.2, -0.15) is 0 Å². The standard InChI is InChI=1S/C22H23ClN2O6S/c1-13-8-17(23)16-10-20(25(2)19(16)9-13)22(28)24-18(11-26)14-4-6-15(7-5-14)32(29,30)12-21(27)31-3/h4-10,18,26H,11-12H2,1-3H3,(H,24,28). The molecule has 2 aromatic carbocycles. The monoisotopic (exact) mass is 478 g/mol. The second-order valence-corrected chi connectivity index (χ2v) is 9.78. The molecule has 3 aromatic rings. The molecule has 1 unspecified atom stereocenters. The lowest BCUT2D eigenvalue weighted by molar-refractivity contribution is -0.137. The Balaban J connectivity index is 1.83. The predicted molar refractivity (Wildman–Crippen MR) is 120 cm³/mol. The van der Waals surface area contributed by atoms with Crippen molar-refractivity contribution in [3.05, 3.63) is 64.3 Å². The SMILES string of the molecule is COC(=O)CS(=O)(=O)c1ccc(C(CO)NC(=O)c2cc3c(Cl)cc(C)cc3n2C)cc1. The Hall–Kier alpha value is -2.88. The van der Waals surface area contributed by atoms with Crippen molar-refractivity contribution in [1.82, 2.24) is 9.88 Å². The van der Waals surface area contributed by atoms with Gasteiger partial charge in [0.1, 0.15) is 5.69 Å². The molecule has 0 aliphatic carbocycles. The van der Waals surface area contributed by atoms with Crippen LogP contribution in [-0.2, 0) is 26.4 Å². The molecular formula is C22H23ClN2O6S. The number of nitrogens with zero attached hydrogens (tertiary/aromatic N) is 1. The Labute approximate surface area is 190 Å². The van der Waals surface area contributed by atoms with E-state index >= 15 is 0 Å². The fourth-order valence-corrected chi connectivity index (χ4v) is 4.88. The van der Waals surface area contributed by atoms with Gasteiger partial charge < -0.3 is 19.7 Å². The van der Waals surface area contributed by atoms with Gasteiger partial charge in [0.2, 0.25) is 0 Å². The molecule has 10 heteroatoms. The molecule has 1 heterocycles. The maximum atomic E-state index is 12.9. The van der Waals surface area contributed by atoms with Gasteiger partial charge in [-0.1, -0.05) is 23.7 Å². The molecule has 0 aliphatic rings. The number of amides is 1. The van der Waals surface area contributed by atoms with Gasteiger partial charge in [0.15, 0.2) is 15.6 Å². The van der Waals surface area contributed by atoms with Gasteiger partial charge in [0, 0.05) is 12.4 Å². The highest BCUT2D eigenvalue weighted by Crippen LogP contribution is 2.28. The Morgan fingerprint density at radius 1 is 1.19 bits per heavy atom. The number of esters is 1. The molecule has 8 nitrogen and oxygen atoms in total. The second kappa shape index (κ2) is 9.32. The van der Waals surface area contributed by atoms with E-state index in [0.717, 1.165) is 23.6 Å². The summed E-state index contributed by atoms with van der Waals surface area (Å²) >= 11 is 6.31. The first-order valence-corrected chi connectivity index (χ1v) is 11.7. The maximum Gasteiger partial charge on any atom is 0.321 e. The van der Waals surface area contributed by atoms with Crippen LogP contribution in [0.3, 0.4) is 0 Å². The van der Waals surface area contributed by atoms with E-state index in [1.807, 2.05) is 19.1 Å². The first-order valence-electron chi connectivity index (χ1n) is 9.64. The predicted octanol–water partition coefficient (Wildman–Crippen LogP) is 2.55. The van der Waals surface area contributed by atoms with Crippen LogP contribution >= 0.6 is 11.6 Å². The van der Waals surface area contributed by atoms with Crippen molar-refractivity contribution in [2.45, 2.75) is 17.9 Å². The summed E-state index contributed by atoms with van der Waals surface area (Å²) in [4.78, 5) is 24.2. The smallest absolute Gasteiger partial charge is 0.321 e. The number of aliphatic hydroxyl groups is 1. The van der Waals surface area contributed by atoms with Crippen LogP contribution in [0.2, 0.25) is 5.02 Å². The van der Waals surface area contributed by atoms with E-state index in [-0.39, 0.29) is 4.90 Å². The van der Waals surface area contributed by atoms with Crippen molar-refractivity contribution in [3.63, 3.8) is 0 Å². The van der Waals surface area contributed by atoms with E-state index in [4.69, 9.17) is 11.6 Å². The van der Waals surface area contributed by atoms with Crippen LogP contribution in [0.15, 0.2) is 47.4 Å². The van der Waals surface area contributed by atoms with Crippen molar-refractivity contribution < 1.29 is 27.9 Å². The zero-order chi connectivity index (χ0) is 23.6. The van der Waals surface area contributed by atoms with E-state index in [1.165, 1.54) is 24.3 Å². The number of carbonyl (C=O) groups excluding carboxylic acids is 2. The highest BCUT2D eigenvalue weighted by Gasteiger charge is 2.22. The third-order valence-corrected chi connectivity index (χ3v) is 7.07. The summed E-state index contributed by atoms with van der Waals surface area (Å²) in [5, 5.41) is 13.9. The highest BCUT2D eigenvalue weighted by atomic mass is 35.5. The fraction of sp³-hybridized carbons (Fsp3) is 0.273. The van der Waals surface area contributed by atoms with Gasteiger partial charge in [0.05, 0.1) is 35.2 Å². The molecule has 1 amide bonds. The van der Waals surface area contributed by atoms with Crippen molar-refractivity contribution in [2.75, 3.05) is 19.5 Å². The summed E-state index contributed by atoms with van der Waals surface area (Å²) in [7, 11) is -0.992. The number of hydrogen-bond donors (Lipinski definition) is 2. The van der Waals surface area contributed by atoms with Crippen LogP contribution < -0.4 is 5.32 Å². The minimum absolute atomic E-state index is 0.0617. The minimum Gasteiger partial charge on any atom is -0.468 e. The van der Waals surface area contributed by atoms with Gasteiger partial charge in [0.25, 0.3) is 5.91 Å². The van der Waals surface area contributed by atoms with Crippen LogP contribution in [0.5, 0.6) is 0 Å². The van der Waals surface area contributed by atoms with Crippen LogP contribution in [0.1, 0.15) is 27.7 Å². The molecule has 0 aliphatic heterocycles. The number of hydrogen-bond acceptors (Lipinski definition) is 6. The number of ether oxygens (including phenoxy) is 1. The molecule has 32 heavy (non-hydrogen) atoms. The lowest BCUT2D eigenvalue weighted by atomic mass is 10.1. The number of fused-ring (bicyclic) bond motifs is 1. The van der Waals surface area contributed by atoms with Crippen molar-refractivity contribution in [2.24, 2.45) is 7.05 Å². The van der Waals surface area contributed by atoms with E-state index in [2.05, 4.69) is 10.1 Å². The van der Waals surface area contributed by atoms with E-state index in [1.54, 1.807) is 17.7 Å². The average molecular weight is 479 g/mol. The van der Waals surface area contributed by atoms with Gasteiger partial charge in [-0.05, 0) is 48.4 Å². The van der Waals surface area contributed by atoms with Gasteiger partial charge in [-0.25, -0.2) is 8.42 Å². The van der Waals surface area contributed by atoms with Crippen molar-refractivity contribution in [1.29, 1.82) is 0 Å². The quantitative estimate of drug-likeness (QED) is 0.504. The number of aliphatic hydroxyl groups excluding tert-OH is 1. The zero-order valence-corrected chi connectivity index (χ0v) is 19.3. The summed E-state index contributed by atoms with van der Waals surface area (Å²) in [6, 6.07) is 10.3. The van der Waals surface area contributed by atoms with Crippen LogP contribution in [0.25, 0.3) is 10.9 Å². The summed E-state index contributed by atoms with van der Waals surface area (Å²) < 4.78 is 30.6. The molecule has 170 valence electrons. The number of methoxy groups -OCH3 is 1. The number of aryl methyl sites for hydroxylation is 2. The van der Waals surface area contributed by atoms with E-state index in [0.29, 0.717) is 16.3 Å². The van der Waals surface area contributed by atoms with Crippen LogP contribution in [0, 0.1) is 6.92 Å². The summed E-state index contributed by atoms with van der Waals surface area (Å²) in [5.74, 6) is -2.05. The molecule has 3 rings (SSSR count). The van der Waals surface area contributed by atoms with Crippen LogP contribution in [0.4, 0.5) is 0 Å². The molecule has 1 aromatic heterocycles. The molecule has 0 spiro atoms. The highest BCUT2D eigenvalue weighted by molar-refractivity contribution is 7.92. The Morgan fingerprint density at radius 3 is 2.44 bits per heavy atom. The molecule has 1 atom stereocenters. The maximum absolute atomic E-state index is 12.9. The topological polar surface area (TPSA) is 115 Å². The van der Waals surface area contributed by atoms with E-state index in [9.17, 15) is 23.1 Å². The second-order valence-electron chi connectivity index (χ2n) is 7.38. The molecule has 0 radical (unpaired) electrons. The summed E-state index contributed by atoms with van der Waals surface area (Å²) in [6.45, 7) is 1.51. The van der Waals surface area contributed by atoms with Gasteiger partial charge in [-0.15, -0.1) is 0 Å². The molecule has 0 saturated carbocycles. The summed E-state index contributed by atoms with van der Waals surface area (Å²) in [6.07, 6.45) is 0. The lowest BCUT2D eigenvalue weighted by Gasteiger charge is -2.17. The Kier molecular flexibility index (Phi) is 6.92. The number of rotatable bonds is 7. The number of sulfone groups is 1. The number of carbonyl (C=O) groups is 2. The molecule has 0 fully saturated rings. The minimum atomic E-state index is -3.86. The fourth-order valence-electron chi connectivity index (χ4n) is 3.41. The number of halogens is 1. The summed E-state index contributed by atoms with van der Waals surface area (Å²) in [5.41, 5.74) is 2.64. The Bertz CT molecular complexity index is 1280. The van der Waals surface area contributed by atoms with Gasteiger partial charge in [-0.3, -0.25) is 9.59 Å². The molecule has 0 saturated heterocycles. The van der Waals surface area contributed by atoms with Crippen LogP contribution in [-0.4, -0.2) is 49.4 Å². The van der Waals surface area contributed by atoms with Gasteiger partial charge >= 0.3 is 5.97 Å². The first kappa shape index (κ1) is 23.8. The Morgan fingerprint density at radius 2 is 1.84 bits per heavy atom. The molecular weight excluding hydrogens is 456 g/mol. The van der Waals surface area contributed by atoms with Crippen molar-refractivity contribution in [3.8, 4) is 0 Å². The third kappa shape index (κ3) is 4.79. The molecule has 2 N–H and O–H groups in total. The third-order valence-electron chi connectivity index (χ3n) is 5.15. The number of aromatic nitrogens is 1. The van der Waals surface area contributed by atoms with E-state index < -0.39 is 40.1 Å².